The number of primary amides is 1. The highest BCUT2D eigenvalue weighted by Crippen LogP contribution is 2.33. The van der Waals surface area contributed by atoms with E-state index in [1.54, 1.807) is 54.6 Å². The Bertz CT molecular complexity index is 2080. The van der Waals surface area contributed by atoms with Gasteiger partial charge in [0.1, 0.15) is 47.8 Å². The third kappa shape index (κ3) is 10.5. The summed E-state index contributed by atoms with van der Waals surface area (Å²) >= 11 is 0. The van der Waals surface area contributed by atoms with Crippen LogP contribution in [-0.4, -0.2) is 126 Å². The number of fused-ring (bicyclic) bond motifs is 2. The molecule has 1 fully saturated rings. The summed E-state index contributed by atoms with van der Waals surface area (Å²) in [5, 5.41) is 18.6. The minimum Gasteiger partial charge on any atom is -0.504 e. The van der Waals surface area contributed by atoms with Crippen LogP contribution in [0.15, 0.2) is 66.7 Å². The van der Waals surface area contributed by atoms with Crippen molar-refractivity contribution >= 4 is 41.4 Å². The first-order valence-corrected chi connectivity index (χ1v) is 19.2. The largest absolute Gasteiger partial charge is 0.504 e. The van der Waals surface area contributed by atoms with Crippen molar-refractivity contribution in [3.05, 3.63) is 83.4 Å². The Morgan fingerprint density at radius 1 is 0.746 bits per heavy atom. The van der Waals surface area contributed by atoms with Crippen LogP contribution >= 0.6 is 0 Å². The summed E-state index contributed by atoms with van der Waals surface area (Å²) in [6.07, 6.45) is -0.644. The Labute approximate surface area is 342 Å². The highest BCUT2D eigenvalue weighted by Gasteiger charge is 2.39. The van der Waals surface area contributed by atoms with E-state index >= 15 is 0 Å². The number of ether oxygens (including phenoxy) is 2. The number of phenols is 1. The maximum Gasteiger partial charge on any atom is 0.246 e. The van der Waals surface area contributed by atoms with Gasteiger partial charge in [-0.05, 0) is 73.4 Å². The lowest BCUT2D eigenvalue weighted by Crippen LogP contribution is -2.62. The second-order valence-electron chi connectivity index (χ2n) is 14.9. The average molecular weight is 814 g/mol. The third-order valence-corrected chi connectivity index (χ3v) is 10.7. The third-order valence-electron chi connectivity index (χ3n) is 10.7. The molecule has 0 aromatic heterocycles. The first kappa shape index (κ1) is 43.5. The molecule has 3 aromatic rings. The molecule has 17 nitrogen and oxygen atoms in total. The number of amides is 7. The Hall–Kier alpha value is -6.65. The number of rotatable bonds is 6. The van der Waals surface area contributed by atoms with Gasteiger partial charge in [-0.1, -0.05) is 30.3 Å². The van der Waals surface area contributed by atoms with Crippen molar-refractivity contribution in [3.8, 4) is 23.0 Å². The molecule has 6 atom stereocenters. The first-order valence-electron chi connectivity index (χ1n) is 19.2. The maximum atomic E-state index is 14.7. The van der Waals surface area contributed by atoms with Crippen molar-refractivity contribution in [1.82, 2.24) is 30.7 Å². The van der Waals surface area contributed by atoms with Gasteiger partial charge in [0.15, 0.2) is 11.5 Å². The molecule has 1 saturated heterocycles. The van der Waals surface area contributed by atoms with Gasteiger partial charge in [-0.15, -0.1) is 0 Å². The molecule has 6 bridgehead atoms. The number of benzene rings is 3. The molecular weight excluding hydrogens is 763 g/mol. The van der Waals surface area contributed by atoms with Crippen LogP contribution in [0.5, 0.6) is 23.0 Å². The van der Waals surface area contributed by atoms with Crippen LogP contribution in [0.1, 0.15) is 43.4 Å². The van der Waals surface area contributed by atoms with Crippen molar-refractivity contribution in [3.63, 3.8) is 0 Å². The van der Waals surface area contributed by atoms with Crippen LogP contribution in [-0.2, 0) is 52.8 Å². The molecule has 6 rings (SSSR count). The molecule has 0 saturated carbocycles. The van der Waals surface area contributed by atoms with Gasteiger partial charge in [0, 0.05) is 46.8 Å². The van der Waals surface area contributed by atoms with E-state index in [-0.39, 0.29) is 43.6 Å². The number of nitrogens with two attached hydrogens (primary N) is 1. The smallest absolute Gasteiger partial charge is 0.246 e. The molecule has 0 radical (unpaired) electrons. The van der Waals surface area contributed by atoms with Gasteiger partial charge in [-0.2, -0.15) is 0 Å². The van der Waals surface area contributed by atoms with Gasteiger partial charge >= 0.3 is 0 Å². The number of hydrogen-bond donors (Lipinski definition) is 5. The number of phenolic OH excluding ortho intramolecular Hbond substituents is 1. The Kier molecular flexibility index (Phi) is 13.8. The molecule has 314 valence electrons. The molecule has 17 heteroatoms. The molecular formula is C42H51N7O10. The number of aromatic hydroxyl groups is 1. The van der Waals surface area contributed by atoms with E-state index in [0.29, 0.717) is 28.2 Å². The van der Waals surface area contributed by atoms with E-state index in [2.05, 4.69) is 16.0 Å². The van der Waals surface area contributed by atoms with Crippen LogP contribution in [0.3, 0.4) is 0 Å². The number of methoxy groups -OCH3 is 1. The summed E-state index contributed by atoms with van der Waals surface area (Å²) in [6.45, 7) is 2.85. The summed E-state index contributed by atoms with van der Waals surface area (Å²) < 4.78 is 11.2. The molecule has 7 amide bonds. The number of hydrogen-bond acceptors (Lipinski definition) is 10. The summed E-state index contributed by atoms with van der Waals surface area (Å²) in [6, 6.07) is 10.5. The van der Waals surface area contributed by atoms with E-state index in [0.717, 1.165) is 4.90 Å². The van der Waals surface area contributed by atoms with Gasteiger partial charge in [-0.3, -0.25) is 33.6 Å². The molecule has 59 heavy (non-hydrogen) atoms. The summed E-state index contributed by atoms with van der Waals surface area (Å²) in [7, 11) is 5.72. The van der Waals surface area contributed by atoms with E-state index < -0.39 is 77.6 Å². The van der Waals surface area contributed by atoms with Crippen LogP contribution in [0.25, 0.3) is 0 Å². The van der Waals surface area contributed by atoms with E-state index in [4.69, 9.17) is 15.2 Å². The normalized spacial score (nSPS) is 23.7. The molecule has 0 spiro atoms. The molecule has 3 aliphatic rings. The van der Waals surface area contributed by atoms with Crippen LogP contribution in [0.4, 0.5) is 0 Å². The zero-order valence-electron chi connectivity index (χ0n) is 33.9. The van der Waals surface area contributed by atoms with Gasteiger partial charge < -0.3 is 51.0 Å². The fourth-order valence-corrected chi connectivity index (χ4v) is 7.05. The van der Waals surface area contributed by atoms with Crippen LogP contribution in [0.2, 0.25) is 0 Å². The SMILES string of the molecule is COc1ccc(C[C@H]2C(=O)N[C@@H](C)C(=O)N(C)[C@@H]3Cc4ccc(cc4)Oc4cc(ccc4O)C[C@@H](C(=O)N[C@@H](C)C(=O)N[C@@H](CCC(N)=O)C(=O)N2C)N(C)C3=O)cc1. The van der Waals surface area contributed by atoms with Gasteiger partial charge in [0.2, 0.25) is 41.4 Å². The number of likely N-dealkylation sites (N-methyl/N-ethyl adjacent to an activating group) is 3. The quantitative estimate of drug-likeness (QED) is 0.235. The second-order valence-corrected chi connectivity index (χ2v) is 14.9. The molecule has 0 unspecified atom stereocenters. The van der Waals surface area contributed by atoms with Gasteiger partial charge in [0.05, 0.1) is 7.11 Å². The fourth-order valence-electron chi connectivity index (χ4n) is 7.05. The number of nitrogens with one attached hydrogen (secondary N) is 3. The maximum absolute atomic E-state index is 14.7. The molecule has 6 N–H and O–H groups in total. The van der Waals surface area contributed by atoms with E-state index in [9.17, 15) is 38.7 Å². The monoisotopic (exact) mass is 813 g/mol. The lowest BCUT2D eigenvalue weighted by Gasteiger charge is -2.37. The Balaban J connectivity index is 1.60. The predicted molar refractivity (Wildman–Crippen MR) is 214 cm³/mol. The zero-order chi connectivity index (χ0) is 43.1. The topological polar surface area (TPSA) is 230 Å². The van der Waals surface area contributed by atoms with Crippen molar-refractivity contribution in [1.29, 1.82) is 0 Å². The van der Waals surface area contributed by atoms with Gasteiger partial charge in [-0.25, -0.2) is 0 Å². The van der Waals surface area contributed by atoms with Gasteiger partial charge in [0.25, 0.3) is 0 Å². The summed E-state index contributed by atoms with van der Waals surface area (Å²) in [5.74, 6) is -4.04. The number of carbonyl (C=O) groups is 7. The predicted octanol–water partition coefficient (Wildman–Crippen LogP) is 0.789. The standard InChI is InChI=1S/C42H51N7O10/c1-23-37(52)46-30(16-18-36(43)51)41(56)47(3)31(19-25-7-12-28(58-6)13-8-25)39(54)45-24(2)40(55)49(5)33-20-26-9-14-29(15-10-26)59-35-22-27(11-17-34(35)50)21-32(38(53)44-23)48(4)42(33)57/h7-15,17,22-24,30-33,50H,16,18-21H2,1-6H3,(H2,43,51)(H,44,53)(H,45,54)(H,46,52)/t23-,24-,30-,31-,32-,33+/m0/s1. The van der Waals surface area contributed by atoms with E-state index in [1.165, 1.54) is 64.0 Å². The second kappa shape index (κ2) is 18.7. The molecule has 3 heterocycles. The molecule has 3 aromatic carbocycles. The number of nitrogens with zero attached hydrogens (tertiary/aromatic N) is 3. The lowest BCUT2D eigenvalue weighted by molar-refractivity contribution is -0.149. The number of carbonyl (C=O) groups excluding carboxylic acids is 7. The van der Waals surface area contributed by atoms with Crippen molar-refractivity contribution in [2.45, 2.75) is 82.2 Å². The molecule has 3 aliphatic heterocycles. The summed E-state index contributed by atoms with van der Waals surface area (Å²) in [5.41, 5.74) is 7.20. The lowest BCUT2D eigenvalue weighted by atomic mass is 9.98. The minimum atomic E-state index is -1.36. The van der Waals surface area contributed by atoms with Crippen LogP contribution < -0.4 is 31.2 Å². The minimum absolute atomic E-state index is 0.0000780. The van der Waals surface area contributed by atoms with Crippen molar-refractivity contribution in [2.24, 2.45) is 5.73 Å². The fraction of sp³-hybridized carbons (Fsp3) is 0.405. The average Bonchev–Trinajstić information content (AvgIpc) is 3.21. The zero-order valence-corrected chi connectivity index (χ0v) is 33.9. The Morgan fingerprint density at radius 3 is 2.00 bits per heavy atom. The van der Waals surface area contributed by atoms with E-state index in [1.807, 2.05) is 0 Å². The Morgan fingerprint density at radius 2 is 1.36 bits per heavy atom. The molecule has 0 aliphatic carbocycles. The van der Waals surface area contributed by atoms with Crippen molar-refractivity contribution in [2.75, 3.05) is 28.3 Å². The van der Waals surface area contributed by atoms with Crippen LogP contribution in [0, 0.1) is 0 Å². The first-order chi connectivity index (χ1) is 28.0. The van der Waals surface area contributed by atoms with Crippen molar-refractivity contribution < 1.29 is 48.1 Å². The highest BCUT2D eigenvalue weighted by atomic mass is 16.5. The summed E-state index contributed by atoms with van der Waals surface area (Å²) in [4.78, 5) is 101. The highest BCUT2D eigenvalue weighted by molar-refractivity contribution is 5.98.